The molecule has 1 aliphatic heterocycles. The topological polar surface area (TPSA) is 65.9 Å². The summed E-state index contributed by atoms with van der Waals surface area (Å²) in [5.74, 6) is 0.720. The van der Waals surface area contributed by atoms with Gasteiger partial charge < -0.3 is 19.2 Å². The molecule has 2 aromatic heterocycles. The van der Waals surface area contributed by atoms with Gasteiger partial charge in [-0.25, -0.2) is 4.99 Å². The third-order valence-corrected chi connectivity index (χ3v) is 8.18. The van der Waals surface area contributed by atoms with Crippen molar-refractivity contribution < 1.29 is 9.53 Å². The zero-order valence-electron chi connectivity index (χ0n) is 23.2. The van der Waals surface area contributed by atoms with Gasteiger partial charge in [0.1, 0.15) is 5.75 Å². The van der Waals surface area contributed by atoms with Crippen LogP contribution in [0.1, 0.15) is 11.3 Å². The molecule has 0 radical (unpaired) electrons. The van der Waals surface area contributed by atoms with Crippen molar-refractivity contribution in [2.24, 2.45) is 4.99 Å². The van der Waals surface area contributed by atoms with Crippen LogP contribution in [-0.2, 0) is 11.2 Å². The Morgan fingerprint density at radius 3 is 2.51 bits per heavy atom. The molecule has 0 spiro atoms. The first-order valence-electron chi connectivity index (χ1n) is 13.4. The Labute approximate surface area is 243 Å². The number of aromatic amines is 1. The summed E-state index contributed by atoms with van der Waals surface area (Å²) in [5, 5.41) is 1.84. The van der Waals surface area contributed by atoms with Crippen molar-refractivity contribution in [1.29, 1.82) is 0 Å². The molecule has 5 aromatic rings. The second-order valence-electron chi connectivity index (χ2n) is 9.98. The average molecular weight is 562 g/mol. The first kappa shape index (κ1) is 26.5. The fourth-order valence-corrected chi connectivity index (χ4v) is 5.93. The third kappa shape index (κ3) is 5.51. The van der Waals surface area contributed by atoms with Gasteiger partial charge in [0, 0.05) is 61.0 Å². The Hall–Kier alpha value is -4.69. The van der Waals surface area contributed by atoms with Crippen LogP contribution in [0.5, 0.6) is 5.75 Å². The lowest BCUT2D eigenvalue weighted by atomic mass is 10.1. The zero-order valence-corrected chi connectivity index (χ0v) is 24.1. The molecule has 41 heavy (non-hydrogen) atoms. The Kier molecular flexibility index (Phi) is 7.39. The molecule has 1 aliphatic rings. The molecule has 8 heteroatoms. The van der Waals surface area contributed by atoms with Crippen LogP contribution in [0.2, 0.25) is 0 Å². The fraction of sp³-hybridized carbons (Fsp3) is 0.152. The number of benzene rings is 3. The van der Waals surface area contributed by atoms with Gasteiger partial charge in [-0.05, 0) is 96.6 Å². The number of hydrogen-bond donors (Lipinski definition) is 1. The quantitative estimate of drug-likeness (QED) is 0.210. The van der Waals surface area contributed by atoms with Crippen LogP contribution in [0.3, 0.4) is 0 Å². The lowest BCUT2D eigenvalue weighted by Gasteiger charge is -2.15. The van der Waals surface area contributed by atoms with E-state index in [1.54, 1.807) is 12.0 Å². The van der Waals surface area contributed by atoms with Crippen molar-refractivity contribution in [1.82, 2.24) is 14.5 Å². The number of ether oxygens (including phenoxy) is 1. The second-order valence-corrected chi connectivity index (χ2v) is 11.0. The van der Waals surface area contributed by atoms with Gasteiger partial charge in [0.05, 0.1) is 17.7 Å². The minimum atomic E-state index is -0.0437. The van der Waals surface area contributed by atoms with Gasteiger partial charge in [0.15, 0.2) is 5.17 Å². The van der Waals surface area contributed by atoms with Crippen molar-refractivity contribution >= 4 is 51.2 Å². The van der Waals surface area contributed by atoms with Crippen LogP contribution in [0, 0.1) is 0 Å². The second kappa shape index (κ2) is 11.4. The highest BCUT2D eigenvalue weighted by Crippen LogP contribution is 2.35. The minimum Gasteiger partial charge on any atom is -0.497 e. The number of fused-ring (bicyclic) bond motifs is 1. The summed E-state index contributed by atoms with van der Waals surface area (Å²) in [4.78, 5) is 26.6. The van der Waals surface area contributed by atoms with Crippen LogP contribution in [0.15, 0.2) is 107 Å². The third-order valence-electron chi connectivity index (χ3n) is 7.17. The molecule has 1 amide bonds. The van der Waals surface area contributed by atoms with E-state index in [0.717, 1.165) is 34.0 Å². The van der Waals surface area contributed by atoms with E-state index in [-0.39, 0.29) is 5.91 Å². The Bertz CT molecular complexity index is 1750. The van der Waals surface area contributed by atoms with Crippen molar-refractivity contribution in [2.45, 2.75) is 6.42 Å². The SMILES string of the molecule is COc1ccc(N=C2S/C(=C\c3cccn3-c3ccc(N(C)C)cc3)C(=O)N2CCc2c[nH]c3ccccc23)cc1. The molecule has 0 atom stereocenters. The highest BCUT2D eigenvalue weighted by atomic mass is 32.2. The monoisotopic (exact) mass is 561 g/mol. The van der Waals surface area contributed by atoms with E-state index in [1.165, 1.54) is 22.7 Å². The number of rotatable bonds is 8. The van der Waals surface area contributed by atoms with Gasteiger partial charge in [-0.3, -0.25) is 9.69 Å². The van der Waals surface area contributed by atoms with E-state index in [9.17, 15) is 4.79 Å². The van der Waals surface area contributed by atoms with Crippen LogP contribution < -0.4 is 9.64 Å². The van der Waals surface area contributed by atoms with Crippen LogP contribution in [0.25, 0.3) is 22.7 Å². The van der Waals surface area contributed by atoms with Crippen molar-refractivity contribution in [3.8, 4) is 11.4 Å². The highest BCUT2D eigenvalue weighted by molar-refractivity contribution is 8.18. The van der Waals surface area contributed by atoms with E-state index in [1.807, 2.05) is 81.1 Å². The van der Waals surface area contributed by atoms with E-state index < -0.39 is 0 Å². The van der Waals surface area contributed by atoms with E-state index in [0.29, 0.717) is 23.0 Å². The van der Waals surface area contributed by atoms with Crippen molar-refractivity contribution in [3.05, 3.63) is 113 Å². The van der Waals surface area contributed by atoms with Gasteiger partial charge in [-0.1, -0.05) is 18.2 Å². The maximum Gasteiger partial charge on any atom is 0.266 e. The molecule has 206 valence electrons. The molecule has 7 nitrogen and oxygen atoms in total. The van der Waals surface area contributed by atoms with Gasteiger partial charge in [-0.15, -0.1) is 0 Å². The van der Waals surface area contributed by atoms with Crippen LogP contribution in [0.4, 0.5) is 11.4 Å². The maximum absolute atomic E-state index is 13.8. The summed E-state index contributed by atoms with van der Waals surface area (Å²) in [6.07, 6.45) is 6.72. The molecule has 0 aliphatic carbocycles. The predicted octanol–water partition coefficient (Wildman–Crippen LogP) is 6.88. The number of thioether (sulfide) groups is 1. The zero-order chi connectivity index (χ0) is 28.3. The Morgan fingerprint density at radius 2 is 1.76 bits per heavy atom. The van der Waals surface area contributed by atoms with Gasteiger partial charge in [0.2, 0.25) is 0 Å². The molecule has 1 N–H and O–H groups in total. The number of hydrogen-bond acceptors (Lipinski definition) is 5. The molecular weight excluding hydrogens is 530 g/mol. The number of H-pyrrole nitrogens is 1. The van der Waals surface area contributed by atoms with Crippen LogP contribution in [-0.4, -0.2) is 53.3 Å². The largest absolute Gasteiger partial charge is 0.497 e. The molecule has 0 unspecified atom stereocenters. The van der Waals surface area contributed by atoms with E-state index >= 15 is 0 Å². The minimum absolute atomic E-state index is 0.0437. The summed E-state index contributed by atoms with van der Waals surface area (Å²) in [5.41, 5.74) is 6.13. The number of aliphatic imine (C=N–C) groups is 1. The molecule has 3 heterocycles. The van der Waals surface area contributed by atoms with E-state index in [4.69, 9.17) is 9.73 Å². The lowest BCUT2D eigenvalue weighted by Crippen LogP contribution is -2.31. The van der Waals surface area contributed by atoms with Crippen LogP contribution >= 0.6 is 11.8 Å². The molecule has 0 saturated carbocycles. The lowest BCUT2D eigenvalue weighted by molar-refractivity contribution is -0.122. The summed E-state index contributed by atoms with van der Waals surface area (Å²) in [7, 11) is 5.69. The number of nitrogens with zero attached hydrogens (tertiary/aromatic N) is 4. The van der Waals surface area contributed by atoms with Gasteiger partial charge >= 0.3 is 0 Å². The Balaban J connectivity index is 1.31. The molecular formula is C33H31N5O2S. The molecule has 3 aromatic carbocycles. The van der Waals surface area contributed by atoms with Crippen molar-refractivity contribution in [3.63, 3.8) is 0 Å². The number of amidine groups is 1. The molecule has 1 saturated heterocycles. The maximum atomic E-state index is 13.8. The van der Waals surface area contributed by atoms with Gasteiger partial charge in [-0.2, -0.15) is 0 Å². The molecule has 6 rings (SSSR count). The predicted molar refractivity (Wildman–Crippen MR) is 169 cm³/mol. The number of para-hydroxylation sites is 1. The Morgan fingerprint density at radius 1 is 0.976 bits per heavy atom. The normalized spacial score (nSPS) is 15.4. The van der Waals surface area contributed by atoms with Gasteiger partial charge in [0.25, 0.3) is 5.91 Å². The average Bonchev–Trinajstić information content (AvgIpc) is 3.71. The standard InChI is InChI=1S/C33H31N5O2S/c1-36(2)25-12-14-26(15-13-25)37-19-6-7-27(37)21-31-32(39)38(20-18-23-22-34-30-9-5-4-8-29(23)30)33(41-31)35-24-10-16-28(40-3)17-11-24/h4-17,19,21-22,34H,18,20H2,1-3H3/b31-21-,35-33?. The molecule has 1 fully saturated rings. The number of anilines is 1. The number of methoxy groups -OCH3 is 1. The number of carbonyl (C=O) groups is 1. The van der Waals surface area contributed by atoms with Crippen molar-refractivity contribution in [2.75, 3.05) is 32.6 Å². The smallest absolute Gasteiger partial charge is 0.266 e. The summed E-state index contributed by atoms with van der Waals surface area (Å²) >= 11 is 1.41. The number of carbonyl (C=O) groups excluding carboxylic acids is 1. The summed E-state index contributed by atoms with van der Waals surface area (Å²) < 4.78 is 7.39. The highest BCUT2D eigenvalue weighted by Gasteiger charge is 2.33. The first-order valence-corrected chi connectivity index (χ1v) is 14.3. The fourth-order valence-electron chi connectivity index (χ4n) is 4.92. The first-order chi connectivity index (χ1) is 20.0. The summed E-state index contributed by atoms with van der Waals surface area (Å²) in [6, 6.07) is 28.2. The van der Waals surface area contributed by atoms with E-state index in [2.05, 4.69) is 50.8 Å². The summed E-state index contributed by atoms with van der Waals surface area (Å²) in [6.45, 7) is 0.521. The number of amides is 1. The number of aromatic nitrogens is 2. The number of nitrogens with one attached hydrogen (secondary N) is 1. The molecule has 0 bridgehead atoms.